The lowest BCUT2D eigenvalue weighted by molar-refractivity contribution is -0.00518. The van der Waals surface area contributed by atoms with Crippen LogP contribution in [0.4, 0.5) is 17.1 Å². The van der Waals surface area contributed by atoms with Crippen LogP contribution in [0.3, 0.4) is 0 Å². The van der Waals surface area contributed by atoms with Gasteiger partial charge >= 0.3 is 0 Å². The fourth-order valence-corrected chi connectivity index (χ4v) is 11.8. The highest BCUT2D eigenvalue weighted by atomic mass is 15.1. The number of anilines is 3. The molecule has 0 unspecified atom stereocenters. The Bertz CT molecular complexity index is 1980. The Hall–Kier alpha value is -3.84. The summed E-state index contributed by atoms with van der Waals surface area (Å²) in [6.45, 7) is 4.91. The van der Waals surface area contributed by atoms with Gasteiger partial charge in [-0.25, -0.2) is 0 Å². The molecule has 0 aliphatic heterocycles. The molecule has 1 heteroatoms. The molecular formula is C47H49N. The third-order valence-corrected chi connectivity index (χ3v) is 13.8. The SMILES string of the molecule is CC1(C)c2cc(C3CCCCC3)ccc2-c2ccc(N(c3ccc(C45CC6CC(CC(C6)C4)C5)cc3)c3cccc4ccccc34)cc21. The molecule has 0 amide bonds. The van der Waals surface area contributed by atoms with Gasteiger partial charge in [0.25, 0.3) is 0 Å². The van der Waals surface area contributed by atoms with Crippen LogP contribution in [0.5, 0.6) is 0 Å². The van der Waals surface area contributed by atoms with E-state index in [-0.39, 0.29) is 5.41 Å². The fraction of sp³-hybridized carbons (Fsp3) is 0.404. The lowest BCUT2D eigenvalue weighted by atomic mass is 9.48. The van der Waals surface area contributed by atoms with E-state index in [1.165, 1.54) is 121 Å². The second-order valence-corrected chi connectivity index (χ2v) is 17.1. The summed E-state index contributed by atoms with van der Waals surface area (Å²) in [5, 5.41) is 2.58. The monoisotopic (exact) mass is 627 g/mol. The van der Waals surface area contributed by atoms with Crippen LogP contribution < -0.4 is 4.90 Å². The average molecular weight is 628 g/mol. The summed E-state index contributed by atoms with van der Waals surface area (Å²) in [6, 6.07) is 40.4. The minimum absolute atomic E-state index is 0.0435. The van der Waals surface area contributed by atoms with Gasteiger partial charge in [0, 0.05) is 22.2 Å². The number of nitrogens with zero attached hydrogens (tertiary/aromatic N) is 1. The molecule has 5 aromatic carbocycles. The first-order valence-electron chi connectivity index (χ1n) is 19.1. The number of hydrogen-bond acceptors (Lipinski definition) is 1. The summed E-state index contributed by atoms with van der Waals surface area (Å²) < 4.78 is 0. The van der Waals surface area contributed by atoms with Gasteiger partial charge < -0.3 is 4.90 Å². The van der Waals surface area contributed by atoms with E-state index in [0.717, 1.165) is 23.7 Å². The maximum atomic E-state index is 2.58. The van der Waals surface area contributed by atoms with Crippen molar-refractivity contribution >= 4 is 27.8 Å². The van der Waals surface area contributed by atoms with Gasteiger partial charge in [-0.1, -0.05) is 106 Å². The van der Waals surface area contributed by atoms with Gasteiger partial charge in [-0.05, 0) is 150 Å². The Kier molecular flexibility index (Phi) is 6.57. The van der Waals surface area contributed by atoms with E-state index in [4.69, 9.17) is 0 Å². The molecule has 0 aromatic heterocycles. The van der Waals surface area contributed by atoms with Gasteiger partial charge in [-0.3, -0.25) is 0 Å². The largest absolute Gasteiger partial charge is 0.310 e. The van der Waals surface area contributed by atoms with Crippen molar-refractivity contribution in [2.24, 2.45) is 17.8 Å². The van der Waals surface area contributed by atoms with E-state index >= 15 is 0 Å². The molecule has 6 aliphatic carbocycles. The smallest absolute Gasteiger partial charge is 0.0540 e. The highest BCUT2D eigenvalue weighted by Gasteiger charge is 2.51. The van der Waals surface area contributed by atoms with Crippen LogP contribution >= 0.6 is 0 Å². The highest BCUT2D eigenvalue weighted by molar-refractivity contribution is 5.99. The number of rotatable bonds is 5. The predicted octanol–water partition coefficient (Wildman–Crippen LogP) is 13.1. The molecule has 11 rings (SSSR count). The molecule has 4 bridgehead atoms. The minimum Gasteiger partial charge on any atom is -0.310 e. The van der Waals surface area contributed by atoms with Crippen LogP contribution in [0.15, 0.2) is 103 Å². The highest BCUT2D eigenvalue weighted by Crippen LogP contribution is 2.61. The van der Waals surface area contributed by atoms with Crippen LogP contribution in [0.1, 0.15) is 113 Å². The third-order valence-electron chi connectivity index (χ3n) is 13.8. The molecule has 242 valence electrons. The van der Waals surface area contributed by atoms with Crippen molar-refractivity contribution in [3.63, 3.8) is 0 Å². The summed E-state index contributed by atoms with van der Waals surface area (Å²) >= 11 is 0. The van der Waals surface area contributed by atoms with Crippen LogP contribution in [-0.4, -0.2) is 0 Å². The second-order valence-electron chi connectivity index (χ2n) is 17.1. The molecule has 0 atom stereocenters. The summed E-state index contributed by atoms with van der Waals surface area (Å²) in [5.41, 5.74) is 13.1. The topological polar surface area (TPSA) is 3.24 Å². The first-order valence-corrected chi connectivity index (χ1v) is 19.1. The molecule has 5 fully saturated rings. The Morgan fingerprint density at radius 1 is 0.583 bits per heavy atom. The number of fused-ring (bicyclic) bond motifs is 4. The van der Waals surface area contributed by atoms with E-state index < -0.39 is 0 Å². The summed E-state index contributed by atoms with van der Waals surface area (Å²) in [5.74, 6) is 3.60. The molecule has 0 N–H and O–H groups in total. The first-order chi connectivity index (χ1) is 23.4. The first kappa shape index (κ1) is 29.1. The van der Waals surface area contributed by atoms with Gasteiger partial charge in [0.15, 0.2) is 0 Å². The average Bonchev–Trinajstić information content (AvgIpc) is 3.34. The standard InChI is InChI=1S/C47H49N/c1-46(2)43-26-36(34-9-4-3-5-10-34)15-21-41(43)42-22-20-39(27-44(42)46)48(45-14-8-12-35-11-6-7-13-40(35)45)38-18-16-37(17-19-38)47-28-31-23-32(29-47)25-33(24-31)30-47/h6-8,11-22,26-27,31-34H,3-5,9-10,23-25,28-30H2,1-2H3. The Labute approximate surface area is 287 Å². The zero-order chi connectivity index (χ0) is 32.0. The molecule has 0 radical (unpaired) electrons. The predicted molar refractivity (Wildman–Crippen MR) is 202 cm³/mol. The summed E-state index contributed by atoms with van der Waals surface area (Å²) in [7, 11) is 0. The minimum atomic E-state index is -0.0435. The quantitative estimate of drug-likeness (QED) is 0.187. The van der Waals surface area contributed by atoms with Crippen LogP contribution in [0.2, 0.25) is 0 Å². The maximum Gasteiger partial charge on any atom is 0.0540 e. The molecule has 1 nitrogen and oxygen atoms in total. The molecule has 48 heavy (non-hydrogen) atoms. The molecule has 0 saturated heterocycles. The normalized spacial score (nSPS) is 26.8. The Morgan fingerprint density at radius 2 is 1.21 bits per heavy atom. The fourth-order valence-electron chi connectivity index (χ4n) is 11.8. The van der Waals surface area contributed by atoms with Crippen LogP contribution in [0.25, 0.3) is 21.9 Å². The third kappa shape index (κ3) is 4.49. The molecule has 0 spiro atoms. The van der Waals surface area contributed by atoms with E-state index in [0.29, 0.717) is 5.41 Å². The molecule has 0 heterocycles. The summed E-state index contributed by atoms with van der Waals surface area (Å²) in [6.07, 6.45) is 15.6. The van der Waals surface area contributed by atoms with Gasteiger partial charge in [0.05, 0.1) is 5.69 Å². The molecule has 5 aromatic rings. The van der Waals surface area contributed by atoms with Gasteiger partial charge in [-0.15, -0.1) is 0 Å². The van der Waals surface area contributed by atoms with Crippen molar-refractivity contribution in [3.8, 4) is 11.1 Å². The number of benzene rings is 5. The second kappa shape index (κ2) is 10.8. The van der Waals surface area contributed by atoms with Crippen molar-refractivity contribution in [1.29, 1.82) is 0 Å². The maximum absolute atomic E-state index is 2.58. The van der Waals surface area contributed by atoms with Crippen molar-refractivity contribution in [1.82, 2.24) is 0 Å². The van der Waals surface area contributed by atoms with Gasteiger partial charge in [0.1, 0.15) is 0 Å². The van der Waals surface area contributed by atoms with E-state index in [2.05, 4.69) is 122 Å². The van der Waals surface area contributed by atoms with E-state index in [9.17, 15) is 0 Å². The summed E-state index contributed by atoms with van der Waals surface area (Å²) in [4.78, 5) is 2.54. The number of hydrogen-bond donors (Lipinski definition) is 0. The van der Waals surface area contributed by atoms with Gasteiger partial charge in [0.2, 0.25) is 0 Å². The van der Waals surface area contributed by atoms with Crippen molar-refractivity contribution in [2.75, 3.05) is 4.90 Å². The van der Waals surface area contributed by atoms with E-state index in [1.54, 1.807) is 11.1 Å². The lowest BCUT2D eigenvalue weighted by Crippen LogP contribution is -2.48. The Balaban J connectivity index is 1.07. The Morgan fingerprint density at radius 3 is 1.94 bits per heavy atom. The van der Waals surface area contributed by atoms with E-state index in [1.807, 2.05) is 0 Å². The molecule has 5 saturated carbocycles. The van der Waals surface area contributed by atoms with Crippen LogP contribution in [0, 0.1) is 17.8 Å². The molecule has 6 aliphatic rings. The van der Waals surface area contributed by atoms with Gasteiger partial charge in [-0.2, -0.15) is 0 Å². The zero-order valence-corrected chi connectivity index (χ0v) is 28.8. The van der Waals surface area contributed by atoms with Crippen molar-refractivity contribution in [2.45, 2.75) is 101 Å². The van der Waals surface area contributed by atoms with Crippen molar-refractivity contribution < 1.29 is 0 Å². The molecular weight excluding hydrogens is 579 g/mol. The van der Waals surface area contributed by atoms with Crippen molar-refractivity contribution in [3.05, 3.63) is 125 Å². The van der Waals surface area contributed by atoms with Crippen LogP contribution in [-0.2, 0) is 10.8 Å². The lowest BCUT2D eigenvalue weighted by Gasteiger charge is -2.57. The zero-order valence-electron chi connectivity index (χ0n) is 28.8.